The quantitative estimate of drug-likeness (QED) is 0.647. The Kier molecular flexibility index (Phi) is 1.51. The number of carbonyl (C=O) groups excluding carboxylic acids is 1. The van der Waals surface area contributed by atoms with Gasteiger partial charge in [-0.1, -0.05) is 0 Å². The Balaban J connectivity index is 2.57. The fourth-order valence-corrected chi connectivity index (χ4v) is 1.32. The van der Waals surface area contributed by atoms with E-state index >= 15 is 0 Å². The van der Waals surface area contributed by atoms with Crippen LogP contribution >= 0.6 is 0 Å². The second kappa shape index (κ2) is 2.55. The van der Waals surface area contributed by atoms with Gasteiger partial charge in [0.05, 0.1) is 23.9 Å². The highest BCUT2D eigenvalue weighted by Crippen LogP contribution is 2.24. The van der Waals surface area contributed by atoms with E-state index < -0.39 is 5.97 Å². The van der Waals surface area contributed by atoms with Crippen LogP contribution in [0.15, 0.2) is 12.4 Å². The van der Waals surface area contributed by atoms with E-state index in [2.05, 4.69) is 10.3 Å². The van der Waals surface area contributed by atoms with Gasteiger partial charge in [-0.2, -0.15) is 0 Å². The molecule has 5 heteroatoms. The van der Waals surface area contributed by atoms with Crippen LogP contribution in [0.1, 0.15) is 15.9 Å². The van der Waals surface area contributed by atoms with E-state index in [0.29, 0.717) is 11.3 Å². The number of carboxylic acids is 1. The molecule has 0 aromatic carbocycles. The van der Waals surface area contributed by atoms with Gasteiger partial charge in [0, 0.05) is 11.8 Å². The number of aromatic carboxylic acids is 1. The van der Waals surface area contributed by atoms with Crippen LogP contribution < -0.4 is 5.32 Å². The van der Waals surface area contributed by atoms with Crippen molar-refractivity contribution in [2.75, 3.05) is 5.32 Å². The maximum Gasteiger partial charge on any atom is 0.337 e. The summed E-state index contributed by atoms with van der Waals surface area (Å²) in [6, 6.07) is 0. The first-order chi connectivity index (χ1) is 6.18. The van der Waals surface area contributed by atoms with Gasteiger partial charge in [-0.25, -0.2) is 4.79 Å². The smallest absolute Gasteiger partial charge is 0.337 e. The minimum atomic E-state index is -1.05. The highest BCUT2D eigenvalue weighted by atomic mass is 16.4. The van der Waals surface area contributed by atoms with Crippen molar-refractivity contribution in [2.24, 2.45) is 0 Å². The van der Waals surface area contributed by atoms with Crippen LogP contribution in [-0.4, -0.2) is 22.0 Å². The normalized spacial score (nSPS) is 13.7. The van der Waals surface area contributed by atoms with Crippen LogP contribution in [0.4, 0.5) is 5.69 Å². The van der Waals surface area contributed by atoms with Crippen molar-refractivity contribution in [1.82, 2.24) is 4.98 Å². The summed E-state index contributed by atoms with van der Waals surface area (Å²) < 4.78 is 0. The molecule has 5 nitrogen and oxygen atoms in total. The first-order valence-electron chi connectivity index (χ1n) is 3.68. The number of carboxylic acid groups (broad SMARTS) is 1. The number of fused-ring (bicyclic) bond motifs is 1. The SMILES string of the molecule is O=C1Cc2c(cncc2C(=O)O)N1. The molecule has 1 aromatic rings. The third kappa shape index (κ3) is 1.14. The molecule has 13 heavy (non-hydrogen) atoms. The molecule has 0 bridgehead atoms. The van der Waals surface area contributed by atoms with E-state index in [1.807, 2.05) is 0 Å². The van der Waals surface area contributed by atoms with Crippen molar-refractivity contribution < 1.29 is 14.7 Å². The van der Waals surface area contributed by atoms with Gasteiger partial charge in [0.1, 0.15) is 0 Å². The minimum Gasteiger partial charge on any atom is -0.478 e. The monoisotopic (exact) mass is 178 g/mol. The number of hydrogen-bond donors (Lipinski definition) is 2. The van der Waals surface area contributed by atoms with Gasteiger partial charge in [-0.05, 0) is 0 Å². The molecule has 0 unspecified atom stereocenters. The molecule has 0 spiro atoms. The summed E-state index contributed by atoms with van der Waals surface area (Å²) in [5.41, 5.74) is 1.12. The van der Waals surface area contributed by atoms with Crippen LogP contribution in [0, 0.1) is 0 Å². The van der Waals surface area contributed by atoms with Crippen molar-refractivity contribution in [2.45, 2.75) is 6.42 Å². The van der Waals surface area contributed by atoms with Crippen LogP contribution in [0.3, 0.4) is 0 Å². The standard InChI is InChI=1S/C8H6N2O3/c11-7-1-4-5(8(12)13)2-9-3-6(4)10-7/h2-3H,1H2,(H,10,11)(H,12,13). The van der Waals surface area contributed by atoms with Gasteiger partial charge in [-0.3, -0.25) is 9.78 Å². The minimum absolute atomic E-state index is 0.0934. The summed E-state index contributed by atoms with van der Waals surface area (Å²) in [6.07, 6.45) is 2.83. The summed E-state index contributed by atoms with van der Waals surface area (Å²) in [5, 5.41) is 11.3. The number of pyridine rings is 1. The number of nitrogens with zero attached hydrogens (tertiary/aromatic N) is 1. The molecule has 0 atom stereocenters. The fraction of sp³-hybridized carbons (Fsp3) is 0.125. The number of carbonyl (C=O) groups is 2. The molecule has 0 saturated heterocycles. The van der Waals surface area contributed by atoms with Gasteiger partial charge in [0.15, 0.2) is 0 Å². The Morgan fingerprint density at radius 2 is 2.31 bits per heavy atom. The number of rotatable bonds is 1. The molecule has 66 valence electrons. The fourth-order valence-electron chi connectivity index (χ4n) is 1.32. The molecule has 1 amide bonds. The average Bonchev–Trinajstić information content (AvgIpc) is 2.43. The largest absolute Gasteiger partial charge is 0.478 e. The molecule has 2 N–H and O–H groups in total. The highest BCUT2D eigenvalue weighted by Gasteiger charge is 2.23. The lowest BCUT2D eigenvalue weighted by atomic mass is 10.1. The predicted molar refractivity (Wildman–Crippen MR) is 43.5 cm³/mol. The van der Waals surface area contributed by atoms with Gasteiger partial charge < -0.3 is 10.4 Å². The molecule has 0 aliphatic carbocycles. The predicted octanol–water partition coefficient (Wildman–Crippen LogP) is 0.274. The van der Waals surface area contributed by atoms with E-state index in [4.69, 9.17) is 5.11 Å². The summed E-state index contributed by atoms with van der Waals surface area (Å²) >= 11 is 0. The lowest BCUT2D eigenvalue weighted by Crippen LogP contribution is -2.04. The molecule has 2 heterocycles. The van der Waals surface area contributed by atoms with Crippen LogP contribution in [-0.2, 0) is 11.2 Å². The summed E-state index contributed by atoms with van der Waals surface area (Å²) in [7, 11) is 0. The second-order valence-corrected chi connectivity index (χ2v) is 2.74. The molecule has 2 rings (SSSR count). The zero-order valence-corrected chi connectivity index (χ0v) is 6.57. The topological polar surface area (TPSA) is 79.3 Å². The maximum atomic E-state index is 10.9. The van der Waals surface area contributed by atoms with Crippen LogP contribution in [0.5, 0.6) is 0 Å². The molecule has 1 aliphatic rings. The van der Waals surface area contributed by atoms with E-state index in [9.17, 15) is 9.59 Å². The van der Waals surface area contributed by atoms with Crippen molar-refractivity contribution in [3.63, 3.8) is 0 Å². The first kappa shape index (κ1) is 7.72. The number of nitrogens with one attached hydrogen (secondary N) is 1. The van der Waals surface area contributed by atoms with Crippen molar-refractivity contribution in [3.05, 3.63) is 23.5 Å². The van der Waals surface area contributed by atoms with Crippen molar-refractivity contribution in [3.8, 4) is 0 Å². The van der Waals surface area contributed by atoms with E-state index in [0.717, 1.165) is 0 Å². The number of hydrogen-bond acceptors (Lipinski definition) is 3. The molecule has 1 aromatic heterocycles. The third-order valence-corrected chi connectivity index (χ3v) is 1.90. The van der Waals surface area contributed by atoms with Crippen LogP contribution in [0.25, 0.3) is 0 Å². The molecular formula is C8H6N2O3. The third-order valence-electron chi connectivity index (χ3n) is 1.90. The summed E-state index contributed by atoms with van der Waals surface area (Å²) in [5.74, 6) is -1.24. The Hall–Kier alpha value is -1.91. The lowest BCUT2D eigenvalue weighted by Gasteiger charge is -1.99. The van der Waals surface area contributed by atoms with E-state index in [-0.39, 0.29) is 17.9 Å². The molecule has 0 saturated carbocycles. The zero-order valence-electron chi connectivity index (χ0n) is 6.57. The van der Waals surface area contributed by atoms with Gasteiger partial charge in [0.2, 0.25) is 5.91 Å². The first-order valence-corrected chi connectivity index (χ1v) is 3.68. The van der Waals surface area contributed by atoms with Gasteiger partial charge >= 0.3 is 5.97 Å². The molecule has 1 aliphatic heterocycles. The molecule has 0 fully saturated rings. The zero-order chi connectivity index (χ0) is 9.42. The Labute approximate surface area is 73.4 Å². The van der Waals surface area contributed by atoms with E-state index in [1.165, 1.54) is 12.4 Å². The van der Waals surface area contributed by atoms with Crippen LogP contribution in [0.2, 0.25) is 0 Å². The van der Waals surface area contributed by atoms with Crippen molar-refractivity contribution in [1.29, 1.82) is 0 Å². The molecule has 0 radical (unpaired) electrons. The highest BCUT2D eigenvalue weighted by molar-refractivity contribution is 6.03. The van der Waals surface area contributed by atoms with Gasteiger partial charge in [0.25, 0.3) is 0 Å². The van der Waals surface area contributed by atoms with Crippen molar-refractivity contribution >= 4 is 17.6 Å². The maximum absolute atomic E-state index is 10.9. The lowest BCUT2D eigenvalue weighted by molar-refractivity contribution is -0.115. The molecular weight excluding hydrogens is 172 g/mol. The Morgan fingerprint density at radius 1 is 1.54 bits per heavy atom. The Morgan fingerprint density at radius 3 is 3.00 bits per heavy atom. The van der Waals surface area contributed by atoms with Gasteiger partial charge in [-0.15, -0.1) is 0 Å². The summed E-state index contributed by atoms with van der Waals surface area (Å²) in [6.45, 7) is 0. The number of aromatic nitrogens is 1. The second-order valence-electron chi connectivity index (χ2n) is 2.74. The van der Waals surface area contributed by atoms with E-state index in [1.54, 1.807) is 0 Å². The average molecular weight is 178 g/mol. The summed E-state index contributed by atoms with van der Waals surface area (Å²) in [4.78, 5) is 25.3. The Bertz CT molecular complexity index is 400. The number of anilines is 1. The number of amides is 1.